The van der Waals surface area contributed by atoms with E-state index in [4.69, 9.17) is 5.73 Å². The SMILES string of the molecule is Cc1cccc(CC(=O)N2CCCC2(C)CN)c1. The predicted octanol–water partition coefficient (Wildman–Crippen LogP) is 1.88. The van der Waals surface area contributed by atoms with Gasteiger partial charge >= 0.3 is 0 Å². The van der Waals surface area contributed by atoms with Gasteiger partial charge in [0.05, 0.1) is 12.0 Å². The van der Waals surface area contributed by atoms with Crippen molar-refractivity contribution >= 4 is 5.91 Å². The Balaban J connectivity index is 2.08. The summed E-state index contributed by atoms with van der Waals surface area (Å²) in [5.41, 5.74) is 7.97. The molecule has 1 aliphatic heterocycles. The Labute approximate surface area is 109 Å². The van der Waals surface area contributed by atoms with Gasteiger partial charge in [0.15, 0.2) is 0 Å². The normalized spacial score (nSPS) is 23.4. The molecule has 3 nitrogen and oxygen atoms in total. The first-order chi connectivity index (χ1) is 8.55. The standard InChI is InChI=1S/C15H22N2O/c1-12-5-3-6-13(9-12)10-14(18)17-8-4-7-15(17,2)11-16/h3,5-6,9H,4,7-8,10-11,16H2,1-2H3. The number of nitrogens with two attached hydrogens (primary N) is 1. The summed E-state index contributed by atoms with van der Waals surface area (Å²) in [6.45, 7) is 5.53. The lowest BCUT2D eigenvalue weighted by Gasteiger charge is -2.34. The van der Waals surface area contributed by atoms with E-state index in [-0.39, 0.29) is 11.4 Å². The van der Waals surface area contributed by atoms with Gasteiger partial charge in [-0.05, 0) is 32.3 Å². The van der Waals surface area contributed by atoms with E-state index in [1.807, 2.05) is 30.0 Å². The van der Waals surface area contributed by atoms with Gasteiger partial charge in [0.1, 0.15) is 0 Å². The van der Waals surface area contributed by atoms with Crippen LogP contribution < -0.4 is 5.73 Å². The fraction of sp³-hybridized carbons (Fsp3) is 0.533. The molecule has 0 radical (unpaired) electrons. The average molecular weight is 246 g/mol. The first-order valence-corrected chi connectivity index (χ1v) is 6.61. The summed E-state index contributed by atoms with van der Waals surface area (Å²) in [6.07, 6.45) is 2.56. The average Bonchev–Trinajstić information content (AvgIpc) is 2.72. The van der Waals surface area contributed by atoms with Gasteiger partial charge in [-0.2, -0.15) is 0 Å². The molecule has 2 N–H and O–H groups in total. The number of aryl methyl sites for hydroxylation is 1. The zero-order valence-corrected chi connectivity index (χ0v) is 11.3. The highest BCUT2D eigenvalue weighted by molar-refractivity contribution is 5.80. The summed E-state index contributed by atoms with van der Waals surface area (Å²) < 4.78 is 0. The number of benzene rings is 1. The maximum atomic E-state index is 12.4. The first-order valence-electron chi connectivity index (χ1n) is 6.61. The van der Waals surface area contributed by atoms with Crippen molar-refractivity contribution < 1.29 is 4.79 Å². The van der Waals surface area contributed by atoms with E-state index >= 15 is 0 Å². The Hall–Kier alpha value is -1.35. The van der Waals surface area contributed by atoms with Crippen LogP contribution in [0.2, 0.25) is 0 Å². The second kappa shape index (κ2) is 5.11. The van der Waals surface area contributed by atoms with Crippen LogP contribution in [0.15, 0.2) is 24.3 Å². The number of hydrogen-bond acceptors (Lipinski definition) is 2. The molecule has 1 amide bonds. The van der Waals surface area contributed by atoms with E-state index in [2.05, 4.69) is 13.0 Å². The molecule has 1 unspecified atom stereocenters. The minimum atomic E-state index is -0.138. The monoisotopic (exact) mass is 246 g/mol. The molecule has 3 heteroatoms. The Morgan fingerprint density at radius 2 is 2.28 bits per heavy atom. The van der Waals surface area contributed by atoms with E-state index in [1.165, 1.54) is 5.56 Å². The third-order valence-corrected chi connectivity index (χ3v) is 3.93. The van der Waals surface area contributed by atoms with Gasteiger partial charge < -0.3 is 10.6 Å². The van der Waals surface area contributed by atoms with Crippen molar-refractivity contribution in [3.8, 4) is 0 Å². The zero-order chi connectivity index (χ0) is 13.2. The van der Waals surface area contributed by atoms with Crippen LogP contribution in [-0.4, -0.2) is 29.4 Å². The largest absolute Gasteiger partial charge is 0.336 e. The number of amides is 1. The van der Waals surface area contributed by atoms with E-state index < -0.39 is 0 Å². The van der Waals surface area contributed by atoms with E-state index in [0.29, 0.717) is 13.0 Å². The van der Waals surface area contributed by atoms with Crippen LogP contribution in [0.5, 0.6) is 0 Å². The molecule has 1 atom stereocenters. The van der Waals surface area contributed by atoms with Gasteiger partial charge in [-0.25, -0.2) is 0 Å². The van der Waals surface area contributed by atoms with Gasteiger partial charge in [-0.3, -0.25) is 4.79 Å². The van der Waals surface area contributed by atoms with Crippen LogP contribution in [0.3, 0.4) is 0 Å². The summed E-state index contributed by atoms with van der Waals surface area (Å²) >= 11 is 0. The second-order valence-corrected chi connectivity index (χ2v) is 5.52. The molecule has 98 valence electrons. The summed E-state index contributed by atoms with van der Waals surface area (Å²) in [7, 11) is 0. The predicted molar refractivity (Wildman–Crippen MR) is 73.3 cm³/mol. The summed E-state index contributed by atoms with van der Waals surface area (Å²) in [6, 6.07) is 8.15. The maximum Gasteiger partial charge on any atom is 0.227 e. The van der Waals surface area contributed by atoms with Crippen molar-refractivity contribution in [2.45, 2.75) is 38.6 Å². The molecule has 1 heterocycles. The van der Waals surface area contributed by atoms with Crippen molar-refractivity contribution in [2.75, 3.05) is 13.1 Å². The van der Waals surface area contributed by atoms with Crippen molar-refractivity contribution in [3.05, 3.63) is 35.4 Å². The Morgan fingerprint density at radius 3 is 2.94 bits per heavy atom. The van der Waals surface area contributed by atoms with Gasteiger partial charge in [0.2, 0.25) is 5.91 Å². The number of nitrogens with zero attached hydrogens (tertiary/aromatic N) is 1. The Morgan fingerprint density at radius 1 is 1.50 bits per heavy atom. The van der Waals surface area contributed by atoms with Gasteiger partial charge in [-0.15, -0.1) is 0 Å². The number of carbonyl (C=O) groups excluding carboxylic acids is 1. The molecule has 1 saturated heterocycles. The lowest BCUT2D eigenvalue weighted by molar-refractivity contribution is -0.133. The van der Waals surface area contributed by atoms with E-state index in [9.17, 15) is 4.79 Å². The van der Waals surface area contributed by atoms with Crippen LogP contribution in [0.25, 0.3) is 0 Å². The van der Waals surface area contributed by atoms with Gasteiger partial charge in [0.25, 0.3) is 0 Å². The molecular weight excluding hydrogens is 224 g/mol. The summed E-state index contributed by atoms with van der Waals surface area (Å²) in [5.74, 6) is 0.200. The molecule has 0 saturated carbocycles. The maximum absolute atomic E-state index is 12.4. The van der Waals surface area contributed by atoms with E-state index in [1.54, 1.807) is 0 Å². The molecule has 0 aromatic heterocycles. The zero-order valence-electron chi connectivity index (χ0n) is 11.3. The minimum Gasteiger partial charge on any atom is -0.336 e. The van der Waals surface area contributed by atoms with Crippen LogP contribution in [0, 0.1) is 6.92 Å². The van der Waals surface area contributed by atoms with Gasteiger partial charge in [-0.1, -0.05) is 29.8 Å². The van der Waals surface area contributed by atoms with E-state index in [0.717, 1.165) is 24.9 Å². The van der Waals surface area contributed by atoms with Gasteiger partial charge in [0, 0.05) is 13.1 Å². The number of carbonyl (C=O) groups is 1. The molecule has 0 bridgehead atoms. The first kappa shape index (κ1) is 13.1. The highest BCUT2D eigenvalue weighted by Crippen LogP contribution is 2.28. The molecule has 0 aliphatic carbocycles. The highest BCUT2D eigenvalue weighted by Gasteiger charge is 2.37. The molecule has 2 rings (SSSR count). The van der Waals surface area contributed by atoms with Crippen LogP contribution >= 0.6 is 0 Å². The highest BCUT2D eigenvalue weighted by atomic mass is 16.2. The molecule has 18 heavy (non-hydrogen) atoms. The third kappa shape index (κ3) is 2.56. The van der Waals surface area contributed by atoms with Crippen LogP contribution in [0.4, 0.5) is 0 Å². The molecule has 1 aromatic rings. The Bertz CT molecular complexity index is 444. The van der Waals surface area contributed by atoms with Crippen LogP contribution in [-0.2, 0) is 11.2 Å². The summed E-state index contributed by atoms with van der Waals surface area (Å²) in [5, 5.41) is 0. The second-order valence-electron chi connectivity index (χ2n) is 5.52. The van der Waals surface area contributed by atoms with Crippen molar-refractivity contribution in [1.82, 2.24) is 4.90 Å². The van der Waals surface area contributed by atoms with Crippen molar-refractivity contribution in [1.29, 1.82) is 0 Å². The molecule has 1 fully saturated rings. The Kier molecular flexibility index (Phi) is 3.71. The minimum absolute atomic E-state index is 0.138. The van der Waals surface area contributed by atoms with Crippen molar-refractivity contribution in [2.24, 2.45) is 5.73 Å². The summed E-state index contributed by atoms with van der Waals surface area (Å²) in [4.78, 5) is 14.3. The molecular formula is C15H22N2O. The topological polar surface area (TPSA) is 46.3 Å². The third-order valence-electron chi connectivity index (χ3n) is 3.93. The fourth-order valence-corrected chi connectivity index (χ4v) is 2.75. The fourth-order valence-electron chi connectivity index (χ4n) is 2.75. The lowest BCUT2D eigenvalue weighted by Crippen LogP contribution is -2.50. The number of rotatable bonds is 3. The molecule has 1 aromatic carbocycles. The number of hydrogen-bond donors (Lipinski definition) is 1. The van der Waals surface area contributed by atoms with Crippen LogP contribution in [0.1, 0.15) is 30.9 Å². The quantitative estimate of drug-likeness (QED) is 0.885. The van der Waals surface area contributed by atoms with Crippen molar-refractivity contribution in [3.63, 3.8) is 0 Å². The molecule has 1 aliphatic rings. The number of likely N-dealkylation sites (tertiary alicyclic amines) is 1. The lowest BCUT2D eigenvalue weighted by atomic mass is 9.98. The molecule has 0 spiro atoms. The smallest absolute Gasteiger partial charge is 0.227 e.